The van der Waals surface area contributed by atoms with Crippen LogP contribution in [0.4, 0.5) is 0 Å². The second-order valence-electron chi connectivity index (χ2n) is 8.57. The van der Waals surface area contributed by atoms with Gasteiger partial charge in [-0.15, -0.1) is 0 Å². The number of aliphatic hydroxyl groups excluding tert-OH is 1. The smallest absolute Gasteiger partial charge is 0.162 e. The number of ketones is 2. The second kappa shape index (κ2) is 5.89. The van der Waals surface area contributed by atoms with Gasteiger partial charge in [0.05, 0.1) is 12.0 Å². The summed E-state index contributed by atoms with van der Waals surface area (Å²) in [5, 5.41) is 10.0. The molecule has 3 unspecified atom stereocenters. The van der Waals surface area contributed by atoms with Crippen molar-refractivity contribution in [1.29, 1.82) is 0 Å². The number of hydrogen-bond acceptors (Lipinski definition) is 4. The third kappa shape index (κ3) is 3.85. The van der Waals surface area contributed by atoms with Crippen LogP contribution in [0.3, 0.4) is 0 Å². The molecule has 0 bridgehead atoms. The van der Waals surface area contributed by atoms with Gasteiger partial charge < -0.3 is 10.8 Å². The van der Waals surface area contributed by atoms with Gasteiger partial charge in [-0.25, -0.2) is 0 Å². The number of aliphatic hydroxyl groups is 1. The molecule has 0 spiro atoms. The first-order valence-electron chi connectivity index (χ1n) is 8.26. The molecule has 0 aromatic heterocycles. The Hall–Kier alpha value is -1.00. The predicted molar refractivity (Wildman–Crippen MR) is 86.2 cm³/mol. The Morgan fingerprint density at radius 2 is 1.86 bits per heavy atom. The Kier molecular flexibility index (Phi) is 4.65. The van der Waals surface area contributed by atoms with E-state index < -0.39 is 12.0 Å². The molecule has 0 aromatic rings. The zero-order chi connectivity index (χ0) is 16.7. The number of nitrogens with two attached hydrogens (primary N) is 1. The molecule has 2 aliphatic carbocycles. The summed E-state index contributed by atoms with van der Waals surface area (Å²) in [6.07, 6.45) is 4.32. The van der Waals surface area contributed by atoms with Crippen LogP contribution in [0.5, 0.6) is 0 Å². The van der Waals surface area contributed by atoms with Gasteiger partial charge in [0, 0.05) is 11.5 Å². The van der Waals surface area contributed by atoms with Crippen molar-refractivity contribution in [3.8, 4) is 0 Å². The largest absolute Gasteiger partial charge is 0.392 e. The predicted octanol–water partition coefficient (Wildman–Crippen LogP) is 2.39. The molecular weight excluding hydrogens is 278 g/mol. The number of fused-ring (bicyclic) bond motifs is 1. The molecule has 0 saturated heterocycles. The topological polar surface area (TPSA) is 80.4 Å². The van der Waals surface area contributed by atoms with Crippen LogP contribution in [-0.2, 0) is 9.59 Å². The zero-order valence-corrected chi connectivity index (χ0v) is 14.2. The van der Waals surface area contributed by atoms with Crippen molar-refractivity contribution in [2.75, 3.05) is 0 Å². The molecule has 0 aromatic carbocycles. The van der Waals surface area contributed by atoms with Gasteiger partial charge in [0.15, 0.2) is 11.6 Å². The summed E-state index contributed by atoms with van der Waals surface area (Å²) in [6, 6.07) is 0. The average Bonchev–Trinajstić information content (AvgIpc) is 2.31. The fourth-order valence-electron chi connectivity index (χ4n) is 4.38. The van der Waals surface area contributed by atoms with E-state index in [1.807, 2.05) is 13.8 Å². The third-order valence-electron chi connectivity index (χ3n) is 4.76. The summed E-state index contributed by atoms with van der Waals surface area (Å²) < 4.78 is 0. The Morgan fingerprint density at radius 1 is 1.23 bits per heavy atom. The van der Waals surface area contributed by atoms with E-state index in [0.717, 1.165) is 12.8 Å². The molecule has 2 aliphatic rings. The zero-order valence-electron chi connectivity index (χ0n) is 14.2. The maximum atomic E-state index is 12.7. The summed E-state index contributed by atoms with van der Waals surface area (Å²) in [7, 11) is 0. The molecule has 124 valence electrons. The van der Waals surface area contributed by atoms with Crippen LogP contribution in [0.1, 0.15) is 59.8 Å². The van der Waals surface area contributed by atoms with E-state index in [4.69, 9.17) is 5.73 Å². The molecule has 1 saturated carbocycles. The van der Waals surface area contributed by atoms with Crippen LogP contribution in [0.25, 0.3) is 0 Å². The van der Waals surface area contributed by atoms with Crippen molar-refractivity contribution < 1.29 is 14.7 Å². The Bertz CT molecular complexity index is 499. The van der Waals surface area contributed by atoms with Crippen LogP contribution in [0.2, 0.25) is 0 Å². The fraction of sp³-hybridized carbons (Fsp3) is 0.778. The molecule has 4 heteroatoms. The number of carbonyl (C=O) groups is 2. The SMILES string of the molecule is CC(C)(N)CC(C)(C)CC1=CC(=O)C2C(O)CCCC2C1=O. The molecule has 22 heavy (non-hydrogen) atoms. The number of allylic oxidation sites excluding steroid dienone is 2. The van der Waals surface area contributed by atoms with Crippen LogP contribution in [0.15, 0.2) is 11.6 Å². The minimum atomic E-state index is -0.663. The first kappa shape index (κ1) is 17.4. The summed E-state index contributed by atoms with van der Waals surface area (Å²) in [6.45, 7) is 8.12. The second-order valence-corrected chi connectivity index (χ2v) is 8.57. The number of Topliss-reactive ketones (excluding diaryl/α,β-unsaturated/α-hetero) is 1. The lowest BCUT2D eigenvalue weighted by atomic mass is 9.66. The van der Waals surface area contributed by atoms with Crippen molar-refractivity contribution in [2.45, 2.75) is 71.4 Å². The van der Waals surface area contributed by atoms with E-state index in [2.05, 4.69) is 13.8 Å². The lowest BCUT2D eigenvalue weighted by molar-refractivity contribution is -0.137. The van der Waals surface area contributed by atoms with E-state index in [1.54, 1.807) is 0 Å². The molecule has 4 nitrogen and oxygen atoms in total. The number of rotatable bonds is 4. The quantitative estimate of drug-likeness (QED) is 0.835. The van der Waals surface area contributed by atoms with Crippen LogP contribution < -0.4 is 5.73 Å². The van der Waals surface area contributed by atoms with Crippen LogP contribution in [-0.4, -0.2) is 28.3 Å². The maximum absolute atomic E-state index is 12.7. The van der Waals surface area contributed by atoms with Crippen LogP contribution in [0, 0.1) is 17.3 Å². The summed E-state index contributed by atoms with van der Waals surface area (Å²) in [5.41, 5.74) is 6.28. The molecular formula is C18H29NO3. The molecule has 0 amide bonds. The minimum absolute atomic E-state index is 0.0613. The van der Waals surface area contributed by atoms with Gasteiger partial charge in [-0.05, 0) is 56.6 Å². The number of hydrogen-bond donors (Lipinski definition) is 2. The maximum Gasteiger partial charge on any atom is 0.162 e. The lowest BCUT2D eigenvalue weighted by Gasteiger charge is -2.38. The van der Waals surface area contributed by atoms with Crippen molar-refractivity contribution in [1.82, 2.24) is 0 Å². The van der Waals surface area contributed by atoms with E-state index in [0.29, 0.717) is 24.8 Å². The van der Waals surface area contributed by atoms with Gasteiger partial charge in [0.1, 0.15) is 0 Å². The monoisotopic (exact) mass is 307 g/mol. The summed E-state index contributed by atoms with van der Waals surface area (Å²) in [5.74, 6) is -0.849. The Morgan fingerprint density at radius 3 is 2.45 bits per heavy atom. The average molecular weight is 307 g/mol. The molecule has 0 heterocycles. The first-order valence-corrected chi connectivity index (χ1v) is 8.26. The molecule has 3 atom stereocenters. The molecule has 0 aliphatic heterocycles. The highest BCUT2D eigenvalue weighted by molar-refractivity contribution is 6.11. The molecule has 2 rings (SSSR count). The van der Waals surface area contributed by atoms with Crippen LogP contribution >= 0.6 is 0 Å². The van der Waals surface area contributed by atoms with E-state index in [-0.39, 0.29) is 28.4 Å². The molecule has 0 radical (unpaired) electrons. The van der Waals surface area contributed by atoms with Crippen molar-refractivity contribution in [3.63, 3.8) is 0 Å². The summed E-state index contributed by atoms with van der Waals surface area (Å²) >= 11 is 0. The molecule has 3 N–H and O–H groups in total. The van der Waals surface area contributed by atoms with Gasteiger partial charge >= 0.3 is 0 Å². The van der Waals surface area contributed by atoms with E-state index in [1.165, 1.54) is 6.08 Å². The lowest BCUT2D eigenvalue weighted by Crippen LogP contribution is -2.45. The van der Waals surface area contributed by atoms with E-state index in [9.17, 15) is 14.7 Å². The third-order valence-corrected chi connectivity index (χ3v) is 4.76. The van der Waals surface area contributed by atoms with Gasteiger partial charge in [0.2, 0.25) is 0 Å². The van der Waals surface area contributed by atoms with Crippen molar-refractivity contribution in [2.24, 2.45) is 23.0 Å². The van der Waals surface area contributed by atoms with Gasteiger partial charge in [0.25, 0.3) is 0 Å². The van der Waals surface area contributed by atoms with Gasteiger partial charge in [-0.2, -0.15) is 0 Å². The highest BCUT2D eigenvalue weighted by Gasteiger charge is 2.45. The standard InChI is InChI=1S/C18H29NO3/c1-17(2,10-18(3,4)19)9-11-8-14(21)15-12(16(11)22)6-5-7-13(15)20/h8,12-13,15,20H,5-7,9-10,19H2,1-4H3. The van der Waals surface area contributed by atoms with Crippen molar-refractivity contribution in [3.05, 3.63) is 11.6 Å². The highest BCUT2D eigenvalue weighted by atomic mass is 16.3. The highest BCUT2D eigenvalue weighted by Crippen LogP contribution is 2.41. The van der Waals surface area contributed by atoms with Crippen molar-refractivity contribution >= 4 is 11.6 Å². The Labute approximate surface area is 133 Å². The van der Waals surface area contributed by atoms with Gasteiger partial charge in [-0.1, -0.05) is 20.3 Å². The normalized spacial score (nSPS) is 30.1. The minimum Gasteiger partial charge on any atom is -0.392 e. The number of carbonyl (C=O) groups excluding carboxylic acids is 2. The van der Waals surface area contributed by atoms with E-state index >= 15 is 0 Å². The Balaban J connectivity index is 2.20. The summed E-state index contributed by atoms with van der Waals surface area (Å²) in [4.78, 5) is 25.1. The first-order chi connectivity index (χ1) is 10.0. The van der Waals surface area contributed by atoms with Gasteiger partial charge in [-0.3, -0.25) is 9.59 Å². The molecule has 1 fully saturated rings. The fourth-order valence-corrected chi connectivity index (χ4v) is 4.38.